The second-order valence-electron chi connectivity index (χ2n) is 6.61. The number of fused-ring (bicyclic) bond motifs is 1. The fourth-order valence-corrected chi connectivity index (χ4v) is 3.59. The van der Waals surface area contributed by atoms with Crippen molar-refractivity contribution < 1.29 is 19.1 Å². The number of piperidine rings is 1. The zero-order chi connectivity index (χ0) is 17.8. The second-order valence-corrected chi connectivity index (χ2v) is 6.61. The molecule has 0 radical (unpaired) electrons. The summed E-state index contributed by atoms with van der Waals surface area (Å²) in [5, 5.41) is 0. The van der Waals surface area contributed by atoms with Crippen molar-refractivity contribution in [2.24, 2.45) is 5.92 Å². The summed E-state index contributed by atoms with van der Waals surface area (Å²) in [5.74, 6) is 0.930. The Hall–Kier alpha value is -2.08. The van der Waals surface area contributed by atoms with Gasteiger partial charge >= 0.3 is 0 Å². The molecule has 3 rings (SSSR count). The van der Waals surface area contributed by atoms with Gasteiger partial charge in [0.15, 0.2) is 0 Å². The van der Waals surface area contributed by atoms with Gasteiger partial charge in [-0.15, -0.1) is 0 Å². The van der Waals surface area contributed by atoms with Crippen molar-refractivity contribution in [3.05, 3.63) is 29.8 Å². The van der Waals surface area contributed by atoms with E-state index in [0.29, 0.717) is 45.6 Å². The third-order valence-corrected chi connectivity index (χ3v) is 5.07. The Morgan fingerprint density at radius 1 is 1.28 bits per heavy atom. The van der Waals surface area contributed by atoms with Crippen LogP contribution in [-0.2, 0) is 20.9 Å². The Balaban J connectivity index is 1.66. The minimum absolute atomic E-state index is 0.133. The number of amides is 2. The average Bonchev–Trinajstić information content (AvgIpc) is 2.80. The number of rotatable bonds is 4. The molecular weight excluding hydrogens is 320 g/mol. The van der Waals surface area contributed by atoms with Crippen molar-refractivity contribution in [1.82, 2.24) is 9.80 Å². The lowest BCUT2D eigenvalue weighted by molar-refractivity contribution is -0.145. The Labute approximate surface area is 148 Å². The van der Waals surface area contributed by atoms with E-state index in [1.54, 1.807) is 7.11 Å². The minimum atomic E-state index is -0.183. The van der Waals surface area contributed by atoms with Crippen LogP contribution in [0.2, 0.25) is 0 Å². The molecule has 6 nitrogen and oxygen atoms in total. The van der Waals surface area contributed by atoms with Gasteiger partial charge in [0.1, 0.15) is 5.75 Å². The summed E-state index contributed by atoms with van der Waals surface area (Å²) in [7, 11) is 1.64. The highest BCUT2D eigenvalue weighted by Crippen LogP contribution is 2.26. The van der Waals surface area contributed by atoms with Gasteiger partial charge in [0.2, 0.25) is 11.8 Å². The number of nitrogens with zero attached hydrogens (tertiary/aromatic N) is 2. The smallest absolute Gasteiger partial charge is 0.228 e. The molecule has 2 amide bonds. The summed E-state index contributed by atoms with van der Waals surface area (Å²) in [6.07, 6.45) is 0.987. The molecule has 136 valence electrons. The number of likely N-dealkylation sites (tertiary alicyclic amines) is 1. The van der Waals surface area contributed by atoms with E-state index in [9.17, 15) is 9.59 Å². The van der Waals surface area contributed by atoms with Crippen molar-refractivity contribution in [2.45, 2.75) is 32.4 Å². The van der Waals surface area contributed by atoms with Crippen LogP contribution in [0.1, 0.15) is 25.3 Å². The highest BCUT2D eigenvalue weighted by atomic mass is 16.5. The molecule has 2 saturated heterocycles. The van der Waals surface area contributed by atoms with Gasteiger partial charge in [-0.2, -0.15) is 0 Å². The molecule has 1 aromatic carbocycles. The summed E-state index contributed by atoms with van der Waals surface area (Å²) >= 11 is 0. The largest absolute Gasteiger partial charge is 0.497 e. The maximum absolute atomic E-state index is 13.0. The number of benzene rings is 1. The maximum Gasteiger partial charge on any atom is 0.228 e. The van der Waals surface area contributed by atoms with Crippen molar-refractivity contribution in [3.63, 3.8) is 0 Å². The third kappa shape index (κ3) is 3.95. The number of methoxy groups -OCH3 is 1. The number of carbonyl (C=O) groups excluding carboxylic acids is 2. The van der Waals surface area contributed by atoms with Crippen LogP contribution in [-0.4, -0.2) is 61.1 Å². The quantitative estimate of drug-likeness (QED) is 0.832. The molecule has 2 fully saturated rings. The Bertz CT molecular complexity index is 616. The monoisotopic (exact) mass is 346 g/mol. The molecule has 0 aliphatic carbocycles. The molecule has 6 heteroatoms. The van der Waals surface area contributed by atoms with Crippen LogP contribution in [0.5, 0.6) is 5.75 Å². The number of ether oxygens (including phenoxy) is 2. The lowest BCUT2D eigenvalue weighted by atomic mass is 9.92. The first kappa shape index (κ1) is 17.7. The van der Waals surface area contributed by atoms with Gasteiger partial charge in [-0.3, -0.25) is 9.59 Å². The number of hydrogen-bond acceptors (Lipinski definition) is 4. The molecule has 0 saturated carbocycles. The highest BCUT2D eigenvalue weighted by Gasteiger charge is 2.40. The molecule has 2 atom stereocenters. The first-order chi connectivity index (χ1) is 12.1. The Kier molecular flexibility index (Phi) is 5.58. The molecule has 2 aliphatic rings. The lowest BCUT2D eigenvalue weighted by Gasteiger charge is -2.37. The fraction of sp³-hybridized carbons (Fsp3) is 0.579. The van der Waals surface area contributed by atoms with Gasteiger partial charge < -0.3 is 19.3 Å². The SMILES string of the molecule is CCC(=O)N1CC[C@@H]2C(=O)N(Cc3ccc(OC)cc3)CCO[C@@H]2C1. The molecule has 2 aliphatic heterocycles. The van der Waals surface area contributed by atoms with E-state index in [4.69, 9.17) is 9.47 Å². The van der Waals surface area contributed by atoms with E-state index in [0.717, 1.165) is 11.3 Å². The summed E-state index contributed by atoms with van der Waals surface area (Å²) in [6.45, 7) is 4.70. The van der Waals surface area contributed by atoms with E-state index in [1.807, 2.05) is 41.0 Å². The van der Waals surface area contributed by atoms with Crippen molar-refractivity contribution in [3.8, 4) is 5.75 Å². The van der Waals surface area contributed by atoms with E-state index < -0.39 is 0 Å². The fourth-order valence-electron chi connectivity index (χ4n) is 3.59. The Morgan fingerprint density at radius 3 is 2.72 bits per heavy atom. The van der Waals surface area contributed by atoms with E-state index in [-0.39, 0.29) is 23.8 Å². The van der Waals surface area contributed by atoms with Gasteiger partial charge in [0, 0.05) is 32.6 Å². The molecule has 0 spiro atoms. The molecule has 2 heterocycles. The highest BCUT2D eigenvalue weighted by molar-refractivity contribution is 5.81. The second kappa shape index (κ2) is 7.87. The lowest BCUT2D eigenvalue weighted by Crippen LogP contribution is -2.50. The number of carbonyl (C=O) groups is 2. The van der Waals surface area contributed by atoms with Crippen LogP contribution >= 0.6 is 0 Å². The first-order valence-electron chi connectivity index (χ1n) is 8.93. The molecular formula is C19H26N2O4. The van der Waals surface area contributed by atoms with E-state index in [2.05, 4.69) is 0 Å². The van der Waals surface area contributed by atoms with Crippen LogP contribution in [0.15, 0.2) is 24.3 Å². The maximum atomic E-state index is 13.0. The van der Waals surface area contributed by atoms with E-state index in [1.165, 1.54) is 0 Å². The summed E-state index contributed by atoms with van der Waals surface area (Å²) in [6, 6.07) is 7.79. The van der Waals surface area contributed by atoms with Gasteiger partial charge in [0.05, 0.1) is 25.7 Å². The van der Waals surface area contributed by atoms with Crippen molar-refractivity contribution in [2.75, 3.05) is 33.4 Å². The predicted octanol–water partition coefficient (Wildman–Crippen LogP) is 1.68. The predicted molar refractivity (Wildman–Crippen MR) is 93.1 cm³/mol. The van der Waals surface area contributed by atoms with Gasteiger partial charge in [-0.25, -0.2) is 0 Å². The van der Waals surface area contributed by atoms with Gasteiger partial charge in [-0.05, 0) is 24.1 Å². The molecule has 0 unspecified atom stereocenters. The first-order valence-corrected chi connectivity index (χ1v) is 8.93. The zero-order valence-electron chi connectivity index (χ0n) is 14.9. The summed E-state index contributed by atoms with van der Waals surface area (Å²) < 4.78 is 11.1. The van der Waals surface area contributed by atoms with Crippen LogP contribution in [0.25, 0.3) is 0 Å². The summed E-state index contributed by atoms with van der Waals surface area (Å²) in [4.78, 5) is 28.6. The normalized spacial score (nSPS) is 23.8. The Morgan fingerprint density at radius 2 is 2.04 bits per heavy atom. The standard InChI is InChI=1S/C19H26N2O4/c1-3-18(22)20-9-8-16-17(13-20)25-11-10-21(19(16)23)12-14-4-6-15(24-2)7-5-14/h4-7,16-17H,3,8-13H2,1-2H3/t16-,17+/m0/s1. The van der Waals surface area contributed by atoms with Gasteiger partial charge in [-0.1, -0.05) is 19.1 Å². The molecule has 0 N–H and O–H groups in total. The molecule has 25 heavy (non-hydrogen) atoms. The zero-order valence-corrected chi connectivity index (χ0v) is 14.9. The third-order valence-electron chi connectivity index (χ3n) is 5.07. The van der Waals surface area contributed by atoms with Crippen LogP contribution < -0.4 is 4.74 Å². The van der Waals surface area contributed by atoms with Crippen LogP contribution in [0.3, 0.4) is 0 Å². The van der Waals surface area contributed by atoms with Crippen molar-refractivity contribution in [1.29, 1.82) is 0 Å². The molecule has 0 bridgehead atoms. The van der Waals surface area contributed by atoms with Crippen molar-refractivity contribution >= 4 is 11.8 Å². The minimum Gasteiger partial charge on any atom is -0.497 e. The van der Waals surface area contributed by atoms with Gasteiger partial charge in [0.25, 0.3) is 0 Å². The van der Waals surface area contributed by atoms with Crippen LogP contribution in [0.4, 0.5) is 0 Å². The molecule has 1 aromatic rings. The average molecular weight is 346 g/mol. The molecule has 0 aromatic heterocycles. The number of hydrogen-bond donors (Lipinski definition) is 0. The summed E-state index contributed by atoms with van der Waals surface area (Å²) in [5.41, 5.74) is 1.08. The van der Waals surface area contributed by atoms with Crippen LogP contribution in [0, 0.1) is 5.92 Å². The van der Waals surface area contributed by atoms with E-state index >= 15 is 0 Å². The topological polar surface area (TPSA) is 59.1 Å².